The van der Waals surface area contributed by atoms with Gasteiger partial charge in [-0.3, -0.25) is 4.21 Å². The third kappa shape index (κ3) is 7.76. The predicted octanol–water partition coefficient (Wildman–Crippen LogP) is 6.87. The highest BCUT2D eigenvalue weighted by molar-refractivity contribution is 7.84. The first-order valence-electron chi connectivity index (χ1n) is 17.8. The fourth-order valence-corrected chi connectivity index (χ4v) is 11.2. The van der Waals surface area contributed by atoms with E-state index in [2.05, 4.69) is 65.9 Å². The van der Waals surface area contributed by atoms with Crippen molar-refractivity contribution in [2.45, 2.75) is 120 Å². The van der Waals surface area contributed by atoms with Crippen LogP contribution >= 0.6 is 0 Å². The molecule has 0 spiro atoms. The summed E-state index contributed by atoms with van der Waals surface area (Å²) in [5.41, 5.74) is 1.56. The molecule has 5 aliphatic rings. The van der Waals surface area contributed by atoms with Crippen molar-refractivity contribution in [1.29, 1.82) is 5.26 Å². The van der Waals surface area contributed by atoms with Crippen molar-refractivity contribution in [1.82, 2.24) is 20.3 Å². The van der Waals surface area contributed by atoms with Crippen LogP contribution in [-0.4, -0.2) is 59.0 Å². The summed E-state index contributed by atoms with van der Waals surface area (Å²) in [7, 11) is -2.89. The Bertz CT molecular complexity index is 1470. The van der Waals surface area contributed by atoms with Crippen LogP contribution in [0.3, 0.4) is 0 Å². The summed E-state index contributed by atoms with van der Waals surface area (Å²) in [6.07, 6.45) is 16.8. The molecule has 0 aliphatic heterocycles. The Labute approximate surface area is 285 Å². The van der Waals surface area contributed by atoms with E-state index in [9.17, 15) is 9.47 Å². The summed E-state index contributed by atoms with van der Waals surface area (Å²) in [4.78, 5) is 13.4. The Balaban J connectivity index is 1.02. The van der Waals surface area contributed by atoms with E-state index in [1.165, 1.54) is 57.8 Å². The van der Waals surface area contributed by atoms with E-state index in [-0.39, 0.29) is 10.5 Å². The van der Waals surface area contributed by atoms with Crippen LogP contribution < -0.4 is 16.0 Å². The zero-order valence-corrected chi connectivity index (χ0v) is 31.1. The Morgan fingerprint density at radius 2 is 1.81 bits per heavy atom. The quantitative estimate of drug-likeness (QED) is 0.207. The lowest BCUT2D eigenvalue weighted by Crippen LogP contribution is -2.60. The van der Waals surface area contributed by atoms with Crippen molar-refractivity contribution in [3.8, 4) is 6.07 Å². The number of rotatable bonds is 12. The predicted molar refractivity (Wildman–Crippen MR) is 191 cm³/mol. The Kier molecular flexibility index (Phi) is 10.2. The maximum absolute atomic E-state index is 12.1. The second-order valence-electron chi connectivity index (χ2n) is 16.6. The van der Waals surface area contributed by atoms with Gasteiger partial charge in [0.15, 0.2) is 8.32 Å². The Morgan fingerprint density at radius 3 is 2.47 bits per heavy atom. The monoisotopic (exact) mass is 677 g/mol. The van der Waals surface area contributed by atoms with E-state index in [0.717, 1.165) is 42.3 Å². The molecule has 3 N–H and O–H groups in total. The van der Waals surface area contributed by atoms with Gasteiger partial charge in [-0.2, -0.15) is 10.2 Å². The molecule has 0 amide bonds. The number of aromatic nitrogens is 3. The first kappa shape index (κ1) is 34.5. The summed E-state index contributed by atoms with van der Waals surface area (Å²) in [5, 5.41) is 21.6. The van der Waals surface area contributed by atoms with Crippen LogP contribution in [0, 0.1) is 40.4 Å². The van der Waals surface area contributed by atoms with E-state index < -0.39 is 19.1 Å². The lowest BCUT2D eigenvalue weighted by molar-refractivity contribution is -0.0704. The molecule has 4 bridgehead atoms. The number of nitrogens with zero attached hydrogens (tertiary/aromatic N) is 4. The van der Waals surface area contributed by atoms with Crippen molar-refractivity contribution in [2.75, 3.05) is 30.0 Å². The van der Waals surface area contributed by atoms with Gasteiger partial charge in [0.1, 0.15) is 22.5 Å². The maximum Gasteiger partial charge on any atom is 0.224 e. The van der Waals surface area contributed by atoms with Crippen molar-refractivity contribution < 1.29 is 8.63 Å². The number of nitrogens with one attached hydrogen (secondary N) is 3. The summed E-state index contributed by atoms with van der Waals surface area (Å²) in [6.45, 7) is 14.2. The lowest BCUT2D eigenvalue weighted by atomic mass is 9.48. The standard InChI is InChI=1S/C36H55N7O2SSi/c1-35(2,3)47(5,6)45-30-11-9-24(10-12-30)20-39-31-27-14-25-15-28(31)18-36(16-25,17-27)23-42-32-29(19-37)22-41-34(43-32)40-21-26-8-7-13-38-33(26)46(4)44/h7-8,13,22,24-25,27-28,30-31,39H,9-12,14-18,20-21,23H2,1-6H3,(H2,40,41,42,43)/t24?,25?,27-,28+,30?,31?,36?,46?. The summed E-state index contributed by atoms with van der Waals surface area (Å²) in [5.74, 6) is 4.08. The number of hydrogen-bond acceptors (Lipinski definition) is 9. The van der Waals surface area contributed by atoms with E-state index in [4.69, 9.17) is 9.41 Å². The molecular weight excluding hydrogens is 623 g/mol. The molecule has 5 fully saturated rings. The fourth-order valence-electron chi connectivity index (χ4n) is 9.04. The second-order valence-corrected chi connectivity index (χ2v) is 22.7. The maximum atomic E-state index is 12.1. The molecule has 6 atom stereocenters. The first-order chi connectivity index (χ1) is 22.3. The average Bonchev–Trinajstić information content (AvgIpc) is 3.02. The van der Waals surface area contributed by atoms with Gasteiger partial charge in [-0.15, -0.1) is 0 Å². The highest BCUT2D eigenvalue weighted by atomic mass is 32.2. The molecule has 2 aromatic rings. The van der Waals surface area contributed by atoms with E-state index >= 15 is 0 Å². The summed E-state index contributed by atoms with van der Waals surface area (Å²) in [6, 6.07) is 6.66. The van der Waals surface area contributed by atoms with E-state index in [1.807, 2.05) is 12.1 Å². The minimum Gasteiger partial charge on any atom is -0.414 e. The molecule has 2 aromatic heterocycles. The van der Waals surface area contributed by atoms with Gasteiger partial charge in [0.25, 0.3) is 0 Å². The molecule has 0 aromatic carbocycles. The van der Waals surface area contributed by atoms with Gasteiger partial charge in [0.05, 0.1) is 17.0 Å². The minimum atomic E-state index is -1.70. The van der Waals surface area contributed by atoms with Gasteiger partial charge >= 0.3 is 0 Å². The molecule has 5 aliphatic carbocycles. The Hall–Kier alpha value is -2.39. The molecule has 2 heterocycles. The first-order valence-corrected chi connectivity index (χ1v) is 22.2. The molecule has 4 unspecified atom stereocenters. The molecule has 11 heteroatoms. The van der Waals surface area contributed by atoms with Crippen molar-refractivity contribution in [2.24, 2.45) is 29.1 Å². The topological polar surface area (TPSA) is 125 Å². The van der Waals surface area contributed by atoms with Crippen LogP contribution in [0.15, 0.2) is 29.6 Å². The normalized spacial score (nSPS) is 30.9. The molecule has 47 heavy (non-hydrogen) atoms. The van der Waals surface area contributed by atoms with Gasteiger partial charge in [-0.25, -0.2) is 9.97 Å². The largest absolute Gasteiger partial charge is 0.414 e. The summed E-state index contributed by atoms with van der Waals surface area (Å²) < 4.78 is 18.9. The number of hydrogen-bond donors (Lipinski definition) is 3. The van der Waals surface area contributed by atoms with Gasteiger partial charge in [0.2, 0.25) is 5.95 Å². The molecule has 0 radical (unpaired) electrons. The highest BCUT2D eigenvalue weighted by Crippen LogP contribution is 2.60. The number of nitriles is 1. The van der Waals surface area contributed by atoms with Crippen LogP contribution in [0.2, 0.25) is 18.1 Å². The smallest absolute Gasteiger partial charge is 0.224 e. The van der Waals surface area contributed by atoms with Crippen molar-refractivity contribution in [3.05, 3.63) is 35.7 Å². The molecule has 7 rings (SSSR count). The number of anilines is 2. The van der Waals surface area contributed by atoms with Gasteiger partial charge in [-0.05, 0) is 118 Å². The molecule has 5 saturated carbocycles. The van der Waals surface area contributed by atoms with E-state index in [0.29, 0.717) is 41.0 Å². The highest BCUT2D eigenvalue weighted by Gasteiger charge is 2.55. The molecule has 0 saturated heterocycles. The zero-order valence-electron chi connectivity index (χ0n) is 29.3. The van der Waals surface area contributed by atoms with Gasteiger partial charge in [-0.1, -0.05) is 26.8 Å². The third-order valence-electron chi connectivity index (χ3n) is 12.2. The van der Waals surface area contributed by atoms with Crippen LogP contribution in [-0.2, 0) is 21.8 Å². The second kappa shape index (κ2) is 13.8. The molecular formula is C36H55N7O2SSi. The zero-order chi connectivity index (χ0) is 33.4. The van der Waals surface area contributed by atoms with Crippen LogP contribution in [0.5, 0.6) is 0 Å². The van der Waals surface area contributed by atoms with Crippen LogP contribution in [0.25, 0.3) is 0 Å². The van der Waals surface area contributed by atoms with Gasteiger partial charge in [0, 0.05) is 43.3 Å². The summed E-state index contributed by atoms with van der Waals surface area (Å²) >= 11 is 0. The fraction of sp³-hybridized carbons (Fsp3) is 0.722. The SMILES string of the molecule is CS(=O)c1ncccc1CNc1ncc(C#N)c(NCC23CC4C[C@H](C2)C(NCC2CCC(O[Si](C)(C)C(C)(C)C)CC2)[C@@H](C4)C3)n1. The van der Waals surface area contributed by atoms with E-state index in [1.54, 1.807) is 18.6 Å². The molecule has 256 valence electrons. The lowest BCUT2D eigenvalue weighted by Gasteiger charge is -2.60. The van der Waals surface area contributed by atoms with Crippen LogP contribution in [0.1, 0.15) is 89.7 Å². The van der Waals surface area contributed by atoms with Crippen molar-refractivity contribution in [3.63, 3.8) is 0 Å². The molecule has 9 nitrogen and oxygen atoms in total. The Morgan fingerprint density at radius 1 is 1.09 bits per heavy atom. The van der Waals surface area contributed by atoms with Gasteiger partial charge < -0.3 is 20.4 Å². The van der Waals surface area contributed by atoms with Crippen LogP contribution in [0.4, 0.5) is 11.8 Å². The number of pyridine rings is 1. The minimum absolute atomic E-state index is 0.259. The average molecular weight is 678 g/mol. The third-order valence-corrected chi connectivity index (χ3v) is 17.6. The van der Waals surface area contributed by atoms with Crippen molar-refractivity contribution >= 4 is 30.9 Å².